The van der Waals surface area contributed by atoms with Crippen LogP contribution in [0.3, 0.4) is 0 Å². The molecule has 3 N–H and O–H groups in total. The van der Waals surface area contributed by atoms with Crippen molar-refractivity contribution in [2.75, 3.05) is 7.11 Å². The van der Waals surface area contributed by atoms with Crippen molar-refractivity contribution in [3.05, 3.63) is 24.0 Å². The Balaban J connectivity index is 3.02. The van der Waals surface area contributed by atoms with Crippen molar-refractivity contribution in [1.29, 1.82) is 0 Å². The number of ether oxygens (including phenoxy) is 1. The van der Waals surface area contributed by atoms with Crippen LogP contribution in [0.2, 0.25) is 0 Å². The van der Waals surface area contributed by atoms with Crippen molar-refractivity contribution in [1.82, 2.24) is 10.4 Å². The summed E-state index contributed by atoms with van der Waals surface area (Å²) in [7, 11) is 1.63. The molecule has 0 aliphatic heterocycles. The van der Waals surface area contributed by atoms with Gasteiger partial charge in [0.25, 0.3) is 0 Å². The van der Waals surface area contributed by atoms with E-state index in [9.17, 15) is 0 Å². The topological polar surface area (TPSA) is 60.2 Å². The number of nitrogens with one attached hydrogen (secondary N) is 1. The number of aromatic nitrogens is 1. The predicted octanol–water partition coefficient (Wildman–Crippen LogP) is 1.64. The lowest BCUT2D eigenvalue weighted by Gasteiger charge is -2.30. The van der Waals surface area contributed by atoms with E-state index >= 15 is 0 Å². The van der Waals surface area contributed by atoms with Gasteiger partial charge in [-0.25, -0.2) is 0 Å². The molecule has 1 unspecified atom stereocenters. The molecule has 0 aliphatic carbocycles. The lowest BCUT2D eigenvalue weighted by atomic mass is 9.83. The normalized spacial score (nSPS) is 13.7. The smallest absolute Gasteiger partial charge is 0.137 e. The Kier molecular flexibility index (Phi) is 3.66. The molecule has 1 aromatic rings. The second-order valence-corrected chi connectivity index (χ2v) is 4.62. The van der Waals surface area contributed by atoms with Gasteiger partial charge in [-0.2, -0.15) is 0 Å². The quantitative estimate of drug-likeness (QED) is 0.587. The van der Waals surface area contributed by atoms with Crippen LogP contribution in [0.25, 0.3) is 0 Å². The van der Waals surface area contributed by atoms with Gasteiger partial charge in [-0.1, -0.05) is 20.8 Å². The maximum Gasteiger partial charge on any atom is 0.137 e. The highest BCUT2D eigenvalue weighted by Crippen LogP contribution is 2.32. The van der Waals surface area contributed by atoms with Crippen LogP contribution in [0, 0.1) is 5.41 Å². The highest BCUT2D eigenvalue weighted by atomic mass is 16.5. The van der Waals surface area contributed by atoms with Gasteiger partial charge in [-0.15, -0.1) is 0 Å². The van der Waals surface area contributed by atoms with E-state index in [1.165, 1.54) is 0 Å². The number of hydrogen-bond acceptors (Lipinski definition) is 4. The van der Waals surface area contributed by atoms with E-state index in [4.69, 9.17) is 10.6 Å². The monoisotopic (exact) mass is 209 g/mol. The summed E-state index contributed by atoms with van der Waals surface area (Å²) >= 11 is 0. The summed E-state index contributed by atoms with van der Waals surface area (Å²) in [5, 5.41) is 0. The summed E-state index contributed by atoms with van der Waals surface area (Å²) in [6.45, 7) is 6.37. The minimum atomic E-state index is 0.0306. The summed E-state index contributed by atoms with van der Waals surface area (Å²) in [5.41, 5.74) is 3.88. The van der Waals surface area contributed by atoms with Crippen LogP contribution in [0.5, 0.6) is 5.75 Å². The lowest BCUT2D eigenvalue weighted by Crippen LogP contribution is -2.36. The fraction of sp³-hybridized carbons (Fsp3) is 0.545. The maximum absolute atomic E-state index is 5.56. The van der Waals surface area contributed by atoms with Gasteiger partial charge < -0.3 is 4.74 Å². The molecule has 0 radical (unpaired) electrons. The zero-order chi connectivity index (χ0) is 11.5. The molecule has 4 nitrogen and oxygen atoms in total. The maximum atomic E-state index is 5.56. The highest BCUT2D eigenvalue weighted by molar-refractivity contribution is 5.26. The van der Waals surface area contributed by atoms with Gasteiger partial charge in [0.15, 0.2) is 0 Å². The molecule has 0 spiro atoms. The average molecular weight is 209 g/mol. The summed E-state index contributed by atoms with van der Waals surface area (Å²) in [4.78, 5) is 4.12. The third-order valence-corrected chi connectivity index (χ3v) is 2.34. The van der Waals surface area contributed by atoms with E-state index in [2.05, 4.69) is 31.2 Å². The number of nitrogens with zero attached hydrogens (tertiary/aromatic N) is 1. The fourth-order valence-corrected chi connectivity index (χ4v) is 1.55. The van der Waals surface area contributed by atoms with E-state index in [0.717, 1.165) is 11.3 Å². The zero-order valence-electron chi connectivity index (χ0n) is 9.74. The first-order valence-electron chi connectivity index (χ1n) is 4.94. The molecular formula is C11H19N3O. The molecule has 1 rings (SSSR count). The first-order valence-corrected chi connectivity index (χ1v) is 4.94. The zero-order valence-corrected chi connectivity index (χ0v) is 9.74. The van der Waals surface area contributed by atoms with E-state index < -0.39 is 0 Å². The Bertz CT molecular complexity index is 320. The molecule has 84 valence electrons. The van der Waals surface area contributed by atoms with Crippen LogP contribution in [0.15, 0.2) is 18.5 Å². The average Bonchev–Trinajstić information content (AvgIpc) is 2.17. The number of rotatable bonds is 3. The Hall–Kier alpha value is -1.13. The van der Waals surface area contributed by atoms with E-state index in [1.54, 1.807) is 19.5 Å². The molecule has 0 fully saturated rings. The predicted molar refractivity (Wildman–Crippen MR) is 60.3 cm³/mol. The van der Waals surface area contributed by atoms with Crippen LogP contribution < -0.4 is 16.0 Å². The summed E-state index contributed by atoms with van der Waals surface area (Å²) in [6, 6.07) is 2.00. The molecule has 0 saturated heterocycles. The van der Waals surface area contributed by atoms with Gasteiger partial charge in [-0.05, 0) is 17.0 Å². The second-order valence-electron chi connectivity index (χ2n) is 4.62. The molecule has 0 saturated carbocycles. The minimum absolute atomic E-state index is 0.0306. The standard InChI is InChI=1S/C11H19N3O/c1-11(2,3)10(14-12)8-5-9(15-4)7-13-6-8/h5-7,10,14H,12H2,1-4H3. The van der Waals surface area contributed by atoms with Crippen molar-refractivity contribution in [3.8, 4) is 5.75 Å². The van der Waals surface area contributed by atoms with Gasteiger partial charge >= 0.3 is 0 Å². The van der Waals surface area contributed by atoms with Crippen LogP contribution in [-0.4, -0.2) is 12.1 Å². The molecule has 15 heavy (non-hydrogen) atoms. The summed E-state index contributed by atoms with van der Waals surface area (Å²) in [5.74, 6) is 6.31. The van der Waals surface area contributed by atoms with E-state index in [-0.39, 0.29) is 11.5 Å². The van der Waals surface area contributed by atoms with Gasteiger partial charge in [0, 0.05) is 6.20 Å². The van der Waals surface area contributed by atoms with Gasteiger partial charge in [0.05, 0.1) is 19.3 Å². The molecule has 1 aromatic heterocycles. The minimum Gasteiger partial charge on any atom is -0.495 e. The van der Waals surface area contributed by atoms with Crippen LogP contribution >= 0.6 is 0 Å². The summed E-state index contributed by atoms with van der Waals surface area (Å²) in [6.07, 6.45) is 3.48. The van der Waals surface area contributed by atoms with Crippen molar-refractivity contribution in [3.63, 3.8) is 0 Å². The Labute approximate surface area is 90.8 Å². The Morgan fingerprint density at radius 2 is 2.07 bits per heavy atom. The first kappa shape index (κ1) is 11.9. The van der Waals surface area contributed by atoms with Crippen molar-refractivity contribution in [2.24, 2.45) is 11.3 Å². The molecule has 1 atom stereocenters. The number of methoxy groups -OCH3 is 1. The first-order chi connectivity index (χ1) is 6.99. The molecular weight excluding hydrogens is 190 g/mol. The fourth-order valence-electron chi connectivity index (χ4n) is 1.55. The Morgan fingerprint density at radius 3 is 2.53 bits per heavy atom. The van der Waals surface area contributed by atoms with Gasteiger partial charge in [-0.3, -0.25) is 16.3 Å². The van der Waals surface area contributed by atoms with Crippen LogP contribution in [0.4, 0.5) is 0 Å². The van der Waals surface area contributed by atoms with E-state index in [0.29, 0.717) is 0 Å². The number of hydrogen-bond donors (Lipinski definition) is 2. The largest absolute Gasteiger partial charge is 0.495 e. The van der Waals surface area contributed by atoms with Gasteiger partial charge in [0.2, 0.25) is 0 Å². The lowest BCUT2D eigenvalue weighted by molar-refractivity contribution is 0.274. The number of hydrazine groups is 1. The number of nitrogens with two attached hydrogens (primary N) is 1. The molecule has 0 aliphatic rings. The molecule has 0 aromatic carbocycles. The van der Waals surface area contributed by atoms with Crippen LogP contribution in [0.1, 0.15) is 32.4 Å². The molecule has 4 heteroatoms. The van der Waals surface area contributed by atoms with Gasteiger partial charge in [0.1, 0.15) is 5.75 Å². The molecule has 0 bridgehead atoms. The SMILES string of the molecule is COc1cncc(C(NN)C(C)(C)C)c1. The highest BCUT2D eigenvalue weighted by Gasteiger charge is 2.25. The Morgan fingerprint density at radius 1 is 1.40 bits per heavy atom. The third-order valence-electron chi connectivity index (χ3n) is 2.34. The third kappa shape index (κ3) is 2.91. The molecule has 0 amide bonds. The summed E-state index contributed by atoms with van der Waals surface area (Å²) < 4.78 is 5.13. The van der Waals surface area contributed by atoms with Crippen molar-refractivity contribution < 1.29 is 4.74 Å². The van der Waals surface area contributed by atoms with Crippen LogP contribution in [-0.2, 0) is 0 Å². The van der Waals surface area contributed by atoms with E-state index in [1.807, 2.05) is 6.07 Å². The van der Waals surface area contributed by atoms with Crippen molar-refractivity contribution in [2.45, 2.75) is 26.8 Å². The van der Waals surface area contributed by atoms with Crippen molar-refractivity contribution >= 4 is 0 Å². The molecule has 1 heterocycles. The second kappa shape index (κ2) is 4.59. The number of pyridine rings is 1.